The fourth-order valence-corrected chi connectivity index (χ4v) is 2.79. The van der Waals surface area contributed by atoms with Crippen LogP contribution < -0.4 is 20.3 Å². The van der Waals surface area contributed by atoms with Crippen LogP contribution in [0.25, 0.3) is 6.08 Å². The van der Waals surface area contributed by atoms with Crippen molar-refractivity contribution >= 4 is 33.8 Å². The normalized spacial score (nSPS) is 10.5. The Morgan fingerprint density at radius 1 is 1.04 bits per heavy atom. The van der Waals surface area contributed by atoms with Crippen LogP contribution in [0.3, 0.4) is 0 Å². The van der Waals surface area contributed by atoms with E-state index in [9.17, 15) is 9.59 Å². The van der Waals surface area contributed by atoms with Crippen molar-refractivity contribution in [3.05, 3.63) is 64.1 Å². The molecule has 0 saturated carbocycles. The molecule has 2 amide bonds. The Balaban J connectivity index is 1.75. The van der Waals surface area contributed by atoms with Crippen LogP contribution in [0.5, 0.6) is 11.5 Å². The van der Waals surface area contributed by atoms with Gasteiger partial charge in [0.05, 0.1) is 11.1 Å². The molecule has 0 spiro atoms. The lowest BCUT2D eigenvalue weighted by Crippen LogP contribution is -2.43. The van der Waals surface area contributed by atoms with E-state index in [0.29, 0.717) is 12.4 Å². The van der Waals surface area contributed by atoms with Crippen LogP contribution in [0.15, 0.2) is 53.0 Å². The van der Waals surface area contributed by atoms with Gasteiger partial charge >= 0.3 is 0 Å². The lowest BCUT2D eigenvalue weighted by atomic mass is 10.2. The van der Waals surface area contributed by atoms with Gasteiger partial charge in [-0.2, -0.15) is 0 Å². The summed E-state index contributed by atoms with van der Waals surface area (Å²) >= 11 is 3.41. The molecule has 0 unspecified atom stereocenters. The molecular weight excluding hydrogens is 424 g/mol. The number of rotatable bonds is 8. The number of carbonyl (C=O) groups excluding carboxylic acids is 2. The quantitative estimate of drug-likeness (QED) is 0.479. The van der Waals surface area contributed by atoms with Crippen molar-refractivity contribution in [2.45, 2.75) is 20.3 Å². The van der Waals surface area contributed by atoms with Gasteiger partial charge in [-0.05, 0) is 70.7 Å². The van der Waals surface area contributed by atoms with Crippen LogP contribution in [-0.4, -0.2) is 25.0 Å². The van der Waals surface area contributed by atoms with Gasteiger partial charge in [0.25, 0.3) is 11.8 Å². The molecule has 0 aliphatic heterocycles. The highest BCUT2D eigenvalue weighted by Gasteiger charge is 2.07. The van der Waals surface area contributed by atoms with Crippen molar-refractivity contribution in [2.24, 2.45) is 0 Å². The molecule has 0 heterocycles. The minimum atomic E-state index is -0.464. The Bertz CT molecular complexity index is 835. The van der Waals surface area contributed by atoms with Gasteiger partial charge in [-0.15, -0.1) is 0 Å². The molecule has 2 aromatic carbocycles. The number of benzene rings is 2. The summed E-state index contributed by atoms with van der Waals surface area (Å²) in [6.07, 6.45) is 3.88. The van der Waals surface area contributed by atoms with Gasteiger partial charge in [-0.1, -0.05) is 25.1 Å². The van der Waals surface area contributed by atoms with E-state index >= 15 is 0 Å². The second-order valence-corrected chi connectivity index (χ2v) is 6.63. The summed E-state index contributed by atoms with van der Waals surface area (Å²) in [6.45, 7) is 4.36. The van der Waals surface area contributed by atoms with Crippen LogP contribution in [0.4, 0.5) is 0 Å². The summed E-state index contributed by atoms with van der Waals surface area (Å²) in [5.74, 6) is 0.423. The molecule has 0 radical (unpaired) electrons. The molecule has 0 saturated heterocycles. The van der Waals surface area contributed by atoms with Gasteiger partial charge in [0.1, 0.15) is 11.5 Å². The topological polar surface area (TPSA) is 76.7 Å². The van der Waals surface area contributed by atoms with Crippen molar-refractivity contribution in [1.82, 2.24) is 10.9 Å². The predicted octanol–water partition coefficient (Wildman–Crippen LogP) is 3.65. The second-order valence-electron chi connectivity index (χ2n) is 5.78. The number of hydrogen-bond donors (Lipinski definition) is 2. The Labute approximate surface area is 173 Å². The first kappa shape index (κ1) is 21.5. The zero-order chi connectivity index (χ0) is 20.4. The van der Waals surface area contributed by atoms with E-state index in [1.165, 1.54) is 6.08 Å². The van der Waals surface area contributed by atoms with Gasteiger partial charge in [0, 0.05) is 6.08 Å². The number of aryl methyl sites for hydroxylation is 1. The lowest BCUT2D eigenvalue weighted by molar-refractivity contribution is -0.128. The average Bonchev–Trinajstić information content (AvgIpc) is 2.71. The molecule has 0 aromatic heterocycles. The van der Waals surface area contributed by atoms with E-state index in [-0.39, 0.29) is 6.61 Å². The van der Waals surface area contributed by atoms with Gasteiger partial charge in [-0.25, -0.2) is 0 Å². The molecular formula is C21H23BrN2O4. The second kappa shape index (κ2) is 11.1. The van der Waals surface area contributed by atoms with Crippen LogP contribution in [0.2, 0.25) is 0 Å². The Morgan fingerprint density at radius 3 is 2.43 bits per heavy atom. The minimum absolute atomic E-state index is 0.215. The summed E-state index contributed by atoms with van der Waals surface area (Å²) in [5.41, 5.74) is 6.62. The van der Waals surface area contributed by atoms with E-state index in [4.69, 9.17) is 9.47 Å². The standard InChI is InChI=1S/C21H23BrN2O4/c1-3-15-7-11-19(18(22)13-15)28-14-21(26)24-23-20(25)12-8-16-5-9-17(10-6-16)27-4-2/h5-13H,3-4,14H2,1-2H3,(H,23,25)(H,24,26)/b12-8+. The maximum atomic E-state index is 11.8. The van der Waals surface area contributed by atoms with Crippen LogP contribution >= 0.6 is 15.9 Å². The highest BCUT2D eigenvalue weighted by atomic mass is 79.9. The number of carbonyl (C=O) groups is 2. The van der Waals surface area contributed by atoms with Crippen molar-refractivity contribution in [1.29, 1.82) is 0 Å². The van der Waals surface area contributed by atoms with Gasteiger partial charge in [-0.3, -0.25) is 20.4 Å². The van der Waals surface area contributed by atoms with E-state index in [1.54, 1.807) is 12.1 Å². The smallest absolute Gasteiger partial charge is 0.276 e. The molecule has 2 aromatic rings. The highest BCUT2D eigenvalue weighted by Crippen LogP contribution is 2.26. The SMILES string of the molecule is CCOc1ccc(/C=C/C(=O)NNC(=O)COc2ccc(CC)cc2Br)cc1. The molecule has 0 atom stereocenters. The highest BCUT2D eigenvalue weighted by molar-refractivity contribution is 9.10. The molecule has 148 valence electrons. The zero-order valence-electron chi connectivity index (χ0n) is 15.8. The average molecular weight is 447 g/mol. The Hall–Kier alpha value is -2.80. The molecule has 7 heteroatoms. The fourth-order valence-electron chi connectivity index (χ4n) is 2.25. The molecule has 0 fully saturated rings. The molecule has 2 N–H and O–H groups in total. The van der Waals surface area contributed by atoms with Crippen LogP contribution in [-0.2, 0) is 16.0 Å². The third-order valence-corrected chi connectivity index (χ3v) is 4.33. The first-order chi connectivity index (χ1) is 13.5. The summed E-state index contributed by atoms with van der Waals surface area (Å²) < 4.78 is 11.6. The van der Waals surface area contributed by atoms with Crippen molar-refractivity contribution in [3.8, 4) is 11.5 Å². The van der Waals surface area contributed by atoms with E-state index in [1.807, 2.05) is 43.3 Å². The Morgan fingerprint density at radius 2 is 1.79 bits per heavy atom. The van der Waals surface area contributed by atoms with Gasteiger partial charge in [0.15, 0.2) is 6.61 Å². The first-order valence-corrected chi connectivity index (χ1v) is 9.72. The van der Waals surface area contributed by atoms with E-state index in [0.717, 1.165) is 27.8 Å². The fraction of sp³-hybridized carbons (Fsp3) is 0.238. The van der Waals surface area contributed by atoms with E-state index in [2.05, 4.69) is 33.7 Å². The predicted molar refractivity (Wildman–Crippen MR) is 112 cm³/mol. The number of ether oxygens (including phenoxy) is 2. The monoisotopic (exact) mass is 446 g/mol. The van der Waals surface area contributed by atoms with Crippen LogP contribution in [0, 0.1) is 0 Å². The summed E-state index contributed by atoms with van der Waals surface area (Å²) in [4.78, 5) is 23.6. The maximum absolute atomic E-state index is 11.8. The number of hydrazine groups is 1. The van der Waals surface area contributed by atoms with Crippen molar-refractivity contribution < 1.29 is 19.1 Å². The summed E-state index contributed by atoms with van der Waals surface area (Å²) in [7, 11) is 0. The molecule has 0 bridgehead atoms. The molecule has 0 aliphatic rings. The summed E-state index contributed by atoms with van der Waals surface area (Å²) in [5, 5.41) is 0. The number of amides is 2. The third kappa shape index (κ3) is 7.08. The number of halogens is 1. The lowest BCUT2D eigenvalue weighted by Gasteiger charge is -2.10. The zero-order valence-corrected chi connectivity index (χ0v) is 17.4. The number of hydrogen-bond acceptors (Lipinski definition) is 4. The van der Waals surface area contributed by atoms with E-state index < -0.39 is 11.8 Å². The first-order valence-electron chi connectivity index (χ1n) is 8.92. The third-order valence-electron chi connectivity index (χ3n) is 3.71. The Kier molecular flexibility index (Phi) is 8.55. The molecule has 0 aliphatic carbocycles. The molecule has 28 heavy (non-hydrogen) atoms. The largest absolute Gasteiger partial charge is 0.494 e. The minimum Gasteiger partial charge on any atom is -0.494 e. The van der Waals surface area contributed by atoms with Crippen molar-refractivity contribution in [2.75, 3.05) is 13.2 Å². The van der Waals surface area contributed by atoms with Crippen molar-refractivity contribution in [3.63, 3.8) is 0 Å². The molecule has 2 rings (SSSR count). The van der Waals surface area contributed by atoms with Gasteiger partial charge < -0.3 is 9.47 Å². The van der Waals surface area contributed by atoms with Crippen LogP contribution in [0.1, 0.15) is 25.0 Å². The van der Waals surface area contributed by atoms with Gasteiger partial charge in [0.2, 0.25) is 0 Å². The number of nitrogens with one attached hydrogen (secondary N) is 2. The molecule has 6 nitrogen and oxygen atoms in total. The maximum Gasteiger partial charge on any atom is 0.276 e. The summed E-state index contributed by atoms with van der Waals surface area (Å²) in [6, 6.07) is 13.0.